The van der Waals surface area contributed by atoms with E-state index in [2.05, 4.69) is 4.98 Å². The molecule has 88 valence electrons. The molecule has 0 saturated carbocycles. The van der Waals surface area contributed by atoms with Gasteiger partial charge in [0.25, 0.3) is 0 Å². The molecule has 4 heteroatoms. The Morgan fingerprint density at radius 3 is 3.12 bits per heavy atom. The van der Waals surface area contributed by atoms with E-state index in [9.17, 15) is 5.11 Å². The number of aliphatic hydroxyl groups is 1. The smallest absolute Gasteiger partial charge is 0.122 e. The summed E-state index contributed by atoms with van der Waals surface area (Å²) in [4.78, 5) is 5.09. The highest BCUT2D eigenvalue weighted by Gasteiger charge is 2.18. The van der Waals surface area contributed by atoms with Gasteiger partial charge in [0.15, 0.2) is 0 Å². The highest BCUT2D eigenvalue weighted by molar-refractivity contribution is 7.09. The summed E-state index contributed by atoms with van der Waals surface area (Å²) in [5.74, 6) is 0.946. The first kappa shape index (κ1) is 10.7. The van der Waals surface area contributed by atoms with Gasteiger partial charge in [-0.15, -0.1) is 11.3 Å². The van der Waals surface area contributed by atoms with Crippen LogP contribution >= 0.6 is 11.3 Å². The number of rotatable bonds is 2. The molecule has 0 radical (unpaired) electrons. The molecule has 1 aliphatic heterocycles. The third-order valence-electron chi connectivity index (χ3n) is 3.06. The van der Waals surface area contributed by atoms with Gasteiger partial charge in [0.2, 0.25) is 0 Å². The third-order valence-corrected chi connectivity index (χ3v) is 4.04. The second kappa shape index (κ2) is 4.13. The maximum Gasteiger partial charge on any atom is 0.122 e. The lowest BCUT2D eigenvalue weighted by Crippen LogP contribution is -1.99. The van der Waals surface area contributed by atoms with Crippen LogP contribution in [0, 0.1) is 6.92 Å². The lowest BCUT2D eigenvalue weighted by atomic mass is 10.0. The van der Waals surface area contributed by atoms with Crippen LogP contribution in [0.5, 0.6) is 5.75 Å². The molecule has 3 rings (SSSR count). The number of aromatic nitrogens is 1. The number of hydrogen-bond acceptors (Lipinski definition) is 4. The molecule has 0 aliphatic carbocycles. The van der Waals surface area contributed by atoms with E-state index in [1.807, 2.05) is 25.1 Å². The van der Waals surface area contributed by atoms with Crippen molar-refractivity contribution in [1.29, 1.82) is 0 Å². The van der Waals surface area contributed by atoms with Gasteiger partial charge in [-0.05, 0) is 30.2 Å². The molecule has 1 unspecified atom stereocenters. The van der Waals surface area contributed by atoms with Crippen LogP contribution < -0.4 is 4.74 Å². The predicted molar refractivity (Wildman–Crippen MR) is 66.6 cm³/mol. The van der Waals surface area contributed by atoms with Crippen molar-refractivity contribution >= 4 is 11.3 Å². The van der Waals surface area contributed by atoms with Gasteiger partial charge in [-0.25, -0.2) is 4.98 Å². The molecule has 0 saturated heterocycles. The number of thiazole rings is 1. The number of fused-ring (bicyclic) bond motifs is 1. The first-order valence-corrected chi connectivity index (χ1v) is 6.47. The molecule has 0 fully saturated rings. The molecule has 1 aliphatic rings. The van der Waals surface area contributed by atoms with Crippen LogP contribution in [0.15, 0.2) is 23.7 Å². The normalized spacial score (nSPS) is 15.4. The van der Waals surface area contributed by atoms with E-state index in [-0.39, 0.29) is 0 Å². The third kappa shape index (κ3) is 1.83. The topological polar surface area (TPSA) is 42.4 Å². The van der Waals surface area contributed by atoms with Gasteiger partial charge in [0, 0.05) is 6.42 Å². The standard InChI is InChI=1S/C13H13NO2S/c1-8-13(17-7-14-8)12(15)10-2-3-11-9(6-10)4-5-16-11/h2-3,6-7,12,15H,4-5H2,1H3. The minimum Gasteiger partial charge on any atom is -0.493 e. The van der Waals surface area contributed by atoms with Gasteiger partial charge >= 0.3 is 0 Å². The second-order valence-electron chi connectivity index (χ2n) is 4.17. The molecular weight excluding hydrogens is 234 g/mol. The van der Waals surface area contributed by atoms with E-state index in [1.165, 1.54) is 16.9 Å². The number of aryl methyl sites for hydroxylation is 1. The zero-order chi connectivity index (χ0) is 11.8. The molecule has 0 amide bonds. The Kier molecular flexibility index (Phi) is 2.61. The van der Waals surface area contributed by atoms with Crippen molar-refractivity contribution < 1.29 is 9.84 Å². The molecule has 1 N–H and O–H groups in total. The molecule has 1 atom stereocenters. The molecule has 0 spiro atoms. The van der Waals surface area contributed by atoms with Gasteiger partial charge < -0.3 is 9.84 Å². The van der Waals surface area contributed by atoms with E-state index in [0.29, 0.717) is 0 Å². The van der Waals surface area contributed by atoms with Crippen molar-refractivity contribution in [1.82, 2.24) is 4.98 Å². The molecule has 1 aromatic heterocycles. The van der Waals surface area contributed by atoms with Crippen molar-refractivity contribution in [2.45, 2.75) is 19.4 Å². The van der Waals surface area contributed by atoms with Crippen LogP contribution in [0.4, 0.5) is 0 Å². The fraction of sp³-hybridized carbons (Fsp3) is 0.308. The summed E-state index contributed by atoms with van der Waals surface area (Å²) < 4.78 is 5.46. The molecule has 17 heavy (non-hydrogen) atoms. The Morgan fingerprint density at radius 1 is 1.47 bits per heavy atom. The van der Waals surface area contributed by atoms with E-state index in [0.717, 1.165) is 34.9 Å². The van der Waals surface area contributed by atoms with Gasteiger partial charge in [0.05, 0.1) is 22.7 Å². The summed E-state index contributed by atoms with van der Waals surface area (Å²) in [6.45, 7) is 2.67. The Hall–Kier alpha value is -1.39. The molecule has 2 aromatic rings. The van der Waals surface area contributed by atoms with Gasteiger partial charge in [-0.3, -0.25) is 0 Å². The van der Waals surface area contributed by atoms with Gasteiger partial charge in [-0.2, -0.15) is 0 Å². The SMILES string of the molecule is Cc1ncsc1C(O)c1ccc2c(c1)CCO2. The van der Waals surface area contributed by atoms with Crippen LogP contribution in [-0.2, 0) is 6.42 Å². The number of aliphatic hydroxyl groups excluding tert-OH is 1. The summed E-state index contributed by atoms with van der Waals surface area (Å²) in [7, 11) is 0. The molecular formula is C13H13NO2S. The van der Waals surface area contributed by atoms with Crippen LogP contribution in [0.3, 0.4) is 0 Å². The number of hydrogen-bond donors (Lipinski definition) is 1. The molecule has 2 heterocycles. The maximum atomic E-state index is 10.3. The van der Waals surface area contributed by atoms with Crippen LogP contribution in [0.1, 0.15) is 27.8 Å². The largest absolute Gasteiger partial charge is 0.493 e. The van der Waals surface area contributed by atoms with Crippen molar-refractivity contribution in [2.24, 2.45) is 0 Å². The number of benzene rings is 1. The Bertz CT molecular complexity index is 550. The summed E-state index contributed by atoms with van der Waals surface area (Å²) in [6.07, 6.45) is 0.353. The minimum absolute atomic E-state index is 0.576. The first-order valence-electron chi connectivity index (χ1n) is 5.59. The second-order valence-corrected chi connectivity index (χ2v) is 5.06. The number of ether oxygens (including phenoxy) is 1. The van der Waals surface area contributed by atoms with Crippen molar-refractivity contribution in [3.8, 4) is 5.75 Å². The van der Waals surface area contributed by atoms with E-state index in [1.54, 1.807) is 5.51 Å². The van der Waals surface area contributed by atoms with E-state index in [4.69, 9.17) is 4.74 Å². The zero-order valence-electron chi connectivity index (χ0n) is 9.51. The van der Waals surface area contributed by atoms with Crippen molar-refractivity contribution in [2.75, 3.05) is 6.61 Å². The minimum atomic E-state index is -0.576. The average molecular weight is 247 g/mol. The Morgan fingerprint density at radius 2 is 2.35 bits per heavy atom. The number of nitrogens with zero attached hydrogens (tertiary/aromatic N) is 1. The van der Waals surface area contributed by atoms with Gasteiger partial charge in [0.1, 0.15) is 11.9 Å². The van der Waals surface area contributed by atoms with Crippen molar-refractivity contribution in [3.63, 3.8) is 0 Å². The highest BCUT2D eigenvalue weighted by Crippen LogP contribution is 2.32. The molecule has 3 nitrogen and oxygen atoms in total. The highest BCUT2D eigenvalue weighted by atomic mass is 32.1. The Labute approximate surface area is 104 Å². The summed E-state index contributed by atoms with van der Waals surface area (Å²) >= 11 is 1.49. The van der Waals surface area contributed by atoms with Crippen LogP contribution in [0.2, 0.25) is 0 Å². The Balaban J connectivity index is 1.97. The molecule has 1 aromatic carbocycles. The summed E-state index contributed by atoms with van der Waals surface area (Å²) in [5.41, 5.74) is 4.77. The van der Waals surface area contributed by atoms with Crippen molar-refractivity contribution in [3.05, 3.63) is 45.4 Å². The van der Waals surface area contributed by atoms with Crippen LogP contribution in [0.25, 0.3) is 0 Å². The van der Waals surface area contributed by atoms with Gasteiger partial charge in [-0.1, -0.05) is 6.07 Å². The predicted octanol–water partition coefficient (Wildman–Crippen LogP) is 2.47. The fourth-order valence-corrected chi connectivity index (χ4v) is 2.91. The maximum absolute atomic E-state index is 10.3. The monoisotopic (exact) mass is 247 g/mol. The lowest BCUT2D eigenvalue weighted by molar-refractivity contribution is 0.223. The quantitative estimate of drug-likeness (QED) is 0.886. The first-order chi connectivity index (χ1) is 8.25. The molecule has 0 bridgehead atoms. The van der Waals surface area contributed by atoms with E-state index < -0.39 is 6.10 Å². The van der Waals surface area contributed by atoms with E-state index >= 15 is 0 Å². The van der Waals surface area contributed by atoms with Crippen LogP contribution in [-0.4, -0.2) is 16.7 Å². The average Bonchev–Trinajstić information content (AvgIpc) is 2.95. The summed E-state index contributed by atoms with van der Waals surface area (Å²) in [6, 6.07) is 5.90. The zero-order valence-corrected chi connectivity index (χ0v) is 10.3. The fourth-order valence-electron chi connectivity index (χ4n) is 2.10. The lowest BCUT2D eigenvalue weighted by Gasteiger charge is -2.11. The summed E-state index contributed by atoms with van der Waals surface area (Å²) in [5, 5.41) is 10.3.